The van der Waals surface area contributed by atoms with Gasteiger partial charge in [0, 0.05) is 30.6 Å². The quantitative estimate of drug-likeness (QED) is 0.836. The van der Waals surface area contributed by atoms with Gasteiger partial charge in [-0.15, -0.1) is 11.3 Å². The summed E-state index contributed by atoms with van der Waals surface area (Å²) in [5, 5.41) is 3.35. The third-order valence-electron chi connectivity index (χ3n) is 3.62. The first-order valence-electron chi connectivity index (χ1n) is 6.58. The molecule has 0 amide bonds. The van der Waals surface area contributed by atoms with E-state index in [4.69, 9.17) is 0 Å². The van der Waals surface area contributed by atoms with E-state index >= 15 is 0 Å². The van der Waals surface area contributed by atoms with E-state index in [0.29, 0.717) is 6.04 Å². The highest BCUT2D eigenvalue weighted by Crippen LogP contribution is 2.23. The van der Waals surface area contributed by atoms with Gasteiger partial charge in [0.1, 0.15) is 0 Å². The molecule has 1 saturated heterocycles. The van der Waals surface area contributed by atoms with Gasteiger partial charge in [-0.1, -0.05) is 30.3 Å². The normalized spacial score (nSPS) is 20.3. The molecule has 2 aromatic rings. The van der Waals surface area contributed by atoms with Gasteiger partial charge in [0.15, 0.2) is 0 Å². The van der Waals surface area contributed by atoms with Crippen molar-refractivity contribution in [2.75, 3.05) is 6.54 Å². The molecular formula is C15H18N2S. The van der Waals surface area contributed by atoms with Crippen molar-refractivity contribution in [2.45, 2.75) is 31.8 Å². The van der Waals surface area contributed by atoms with Crippen molar-refractivity contribution in [3.8, 4) is 0 Å². The van der Waals surface area contributed by atoms with Crippen LogP contribution in [-0.4, -0.2) is 22.5 Å². The largest absolute Gasteiger partial charge is 0.296 e. The average molecular weight is 258 g/mol. The predicted molar refractivity (Wildman–Crippen MR) is 75.7 cm³/mol. The standard InChI is InChI=1S/C15H18N2S/c1-2-5-13(6-3-1)12-17-9-4-7-14(17)11-15-16-8-10-18-15/h1-3,5-6,8,10,14H,4,7,9,11-12H2. The lowest BCUT2D eigenvalue weighted by atomic mass is 10.1. The summed E-state index contributed by atoms with van der Waals surface area (Å²) >= 11 is 1.78. The second kappa shape index (κ2) is 5.63. The van der Waals surface area contributed by atoms with E-state index in [1.807, 2.05) is 6.20 Å². The fourth-order valence-corrected chi connectivity index (χ4v) is 3.40. The lowest BCUT2D eigenvalue weighted by Crippen LogP contribution is -2.30. The third-order valence-corrected chi connectivity index (χ3v) is 4.42. The Morgan fingerprint density at radius 2 is 2.17 bits per heavy atom. The molecule has 1 fully saturated rings. The Morgan fingerprint density at radius 1 is 1.28 bits per heavy atom. The summed E-state index contributed by atoms with van der Waals surface area (Å²) in [6.07, 6.45) is 5.66. The molecule has 2 nitrogen and oxygen atoms in total. The summed E-state index contributed by atoms with van der Waals surface area (Å²) in [5.41, 5.74) is 1.42. The lowest BCUT2D eigenvalue weighted by molar-refractivity contribution is 0.244. The molecule has 3 heteroatoms. The zero-order valence-corrected chi connectivity index (χ0v) is 11.3. The van der Waals surface area contributed by atoms with E-state index in [1.165, 1.54) is 30.0 Å². The summed E-state index contributed by atoms with van der Waals surface area (Å²) in [4.78, 5) is 7.02. The highest BCUT2D eigenvalue weighted by molar-refractivity contribution is 7.09. The highest BCUT2D eigenvalue weighted by Gasteiger charge is 2.25. The van der Waals surface area contributed by atoms with Gasteiger partial charge in [-0.2, -0.15) is 0 Å². The SMILES string of the molecule is c1ccc(CN2CCCC2Cc2nccs2)cc1. The van der Waals surface area contributed by atoms with Crippen LogP contribution in [0.1, 0.15) is 23.4 Å². The minimum absolute atomic E-state index is 0.677. The molecule has 0 saturated carbocycles. The summed E-state index contributed by atoms with van der Waals surface area (Å²) in [6.45, 7) is 2.31. The summed E-state index contributed by atoms with van der Waals surface area (Å²) < 4.78 is 0. The monoisotopic (exact) mass is 258 g/mol. The fraction of sp³-hybridized carbons (Fsp3) is 0.400. The van der Waals surface area contributed by atoms with Crippen molar-refractivity contribution in [1.29, 1.82) is 0 Å². The molecule has 3 rings (SSSR count). The zero-order valence-electron chi connectivity index (χ0n) is 10.5. The van der Waals surface area contributed by atoms with Gasteiger partial charge >= 0.3 is 0 Å². The number of hydrogen-bond donors (Lipinski definition) is 0. The summed E-state index contributed by atoms with van der Waals surface area (Å²) in [5.74, 6) is 0. The Kier molecular flexibility index (Phi) is 3.72. The Bertz CT molecular complexity index is 467. The van der Waals surface area contributed by atoms with Crippen LogP contribution in [0.25, 0.3) is 0 Å². The third kappa shape index (κ3) is 2.79. The van der Waals surface area contributed by atoms with Crippen molar-refractivity contribution in [3.63, 3.8) is 0 Å². The minimum Gasteiger partial charge on any atom is -0.296 e. The second-order valence-corrected chi connectivity index (χ2v) is 5.86. The van der Waals surface area contributed by atoms with Crippen LogP contribution in [0.3, 0.4) is 0 Å². The molecule has 94 valence electrons. The lowest BCUT2D eigenvalue weighted by Gasteiger charge is -2.23. The van der Waals surface area contributed by atoms with Gasteiger partial charge < -0.3 is 0 Å². The van der Waals surface area contributed by atoms with E-state index in [0.717, 1.165) is 13.0 Å². The topological polar surface area (TPSA) is 16.1 Å². The first-order valence-corrected chi connectivity index (χ1v) is 7.46. The number of thiazole rings is 1. The van der Waals surface area contributed by atoms with Crippen LogP contribution < -0.4 is 0 Å². The van der Waals surface area contributed by atoms with Crippen molar-refractivity contribution in [2.24, 2.45) is 0 Å². The molecule has 1 aromatic carbocycles. The van der Waals surface area contributed by atoms with Crippen LogP contribution in [0.4, 0.5) is 0 Å². The zero-order chi connectivity index (χ0) is 12.2. The molecule has 1 aliphatic heterocycles. The first-order chi connectivity index (χ1) is 8.92. The van der Waals surface area contributed by atoms with Crippen molar-refractivity contribution >= 4 is 11.3 Å². The van der Waals surface area contributed by atoms with Gasteiger partial charge in [-0.3, -0.25) is 4.90 Å². The number of aromatic nitrogens is 1. The van der Waals surface area contributed by atoms with Crippen LogP contribution in [-0.2, 0) is 13.0 Å². The van der Waals surface area contributed by atoms with Crippen LogP contribution in [0.5, 0.6) is 0 Å². The molecule has 0 radical (unpaired) electrons. The molecule has 1 aliphatic rings. The van der Waals surface area contributed by atoms with E-state index in [2.05, 4.69) is 45.6 Å². The Labute approximate surface area is 112 Å². The van der Waals surface area contributed by atoms with Gasteiger partial charge in [0.25, 0.3) is 0 Å². The van der Waals surface area contributed by atoms with Gasteiger partial charge in [-0.25, -0.2) is 4.98 Å². The van der Waals surface area contributed by atoms with Crippen molar-refractivity contribution < 1.29 is 0 Å². The number of rotatable bonds is 4. The molecular weight excluding hydrogens is 240 g/mol. The van der Waals surface area contributed by atoms with Gasteiger partial charge in [-0.05, 0) is 24.9 Å². The summed E-state index contributed by atoms with van der Waals surface area (Å²) in [6, 6.07) is 11.5. The van der Waals surface area contributed by atoms with Gasteiger partial charge in [0.2, 0.25) is 0 Å². The Hall–Kier alpha value is -1.19. The number of likely N-dealkylation sites (tertiary alicyclic amines) is 1. The smallest absolute Gasteiger partial charge is 0.0940 e. The number of benzene rings is 1. The van der Waals surface area contributed by atoms with E-state index in [-0.39, 0.29) is 0 Å². The van der Waals surface area contributed by atoms with E-state index in [1.54, 1.807) is 11.3 Å². The van der Waals surface area contributed by atoms with E-state index in [9.17, 15) is 0 Å². The van der Waals surface area contributed by atoms with E-state index < -0.39 is 0 Å². The maximum absolute atomic E-state index is 4.41. The molecule has 1 unspecified atom stereocenters. The Balaban J connectivity index is 1.64. The summed E-state index contributed by atoms with van der Waals surface area (Å²) in [7, 11) is 0. The average Bonchev–Trinajstić information content (AvgIpc) is 3.04. The molecule has 0 aliphatic carbocycles. The maximum atomic E-state index is 4.41. The number of nitrogens with zero attached hydrogens (tertiary/aromatic N) is 2. The van der Waals surface area contributed by atoms with Crippen LogP contribution in [0, 0.1) is 0 Å². The van der Waals surface area contributed by atoms with Crippen molar-refractivity contribution in [3.05, 3.63) is 52.5 Å². The Morgan fingerprint density at radius 3 is 2.94 bits per heavy atom. The van der Waals surface area contributed by atoms with Crippen LogP contribution >= 0.6 is 11.3 Å². The second-order valence-electron chi connectivity index (χ2n) is 4.88. The molecule has 2 heterocycles. The molecule has 0 N–H and O–H groups in total. The predicted octanol–water partition coefficient (Wildman–Crippen LogP) is 3.35. The highest BCUT2D eigenvalue weighted by atomic mass is 32.1. The molecule has 0 spiro atoms. The van der Waals surface area contributed by atoms with Crippen LogP contribution in [0.2, 0.25) is 0 Å². The molecule has 18 heavy (non-hydrogen) atoms. The molecule has 1 atom stereocenters. The van der Waals surface area contributed by atoms with Crippen LogP contribution in [0.15, 0.2) is 41.9 Å². The molecule has 0 bridgehead atoms. The molecule has 1 aromatic heterocycles. The maximum Gasteiger partial charge on any atom is 0.0940 e. The van der Waals surface area contributed by atoms with Gasteiger partial charge in [0.05, 0.1) is 5.01 Å². The fourth-order valence-electron chi connectivity index (χ4n) is 2.71. The van der Waals surface area contributed by atoms with Crippen molar-refractivity contribution in [1.82, 2.24) is 9.88 Å². The number of hydrogen-bond acceptors (Lipinski definition) is 3. The minimum atomic E-state index is 0.677. The first kappa shape index (κ1) is 11.9.